The Morgan fingerprint density at radius 2 is 1.79 bits per heavy atom. The van der Waals surface area contributed by atoms with Gasteiger partial charge in [0.1, 0.15) is 11.6 Å². The first-order valence-electron chi connectivity index (χ1n) is 12.1. The van der Waals surface area contributed by atoms with Gasteiger partial charge in [0.25, 0.3) is 10.0 Å². The Hall–Kier alpha value is -3.58. The van der Waals surface area contributed by atoms with Crippen molar-refractivity contribution in [2.75, 3.05) is 14.2 Å². The van der Waals surface area contributed by atoms with Crippen molar-refractivity contribution in [2.24, 2.45) is 0 Å². The molecule has 0 fully saturated rings. The second-order valence-corrected chi connectivity index (χ2v) is 12.2. The van der Waals surface area contributed by atoms with Crippen molar-refractivity contribution in [3.05, 3.63) is 84.4 Å². The fraction of sp³-hybridized carbons (Fsp3) is 0.222. The molecule has 0 saturated heterocycles. The number of halogens is 1. The maximum atomic E-state index is 14.3. The van der Waals surface area contributed by atoms with Gasteiger partial charge >= 0.3 is 10.3 Å². The van der Waals surface area contributed by atoms with Gasteiger partial charge in [-0.1, -0.05) is 24.3 Å². The Morgan fingerprint density at radius 1 is 1.03 bits per heavy atom. The van der Waals surface area contributed by atoms with E-state index >= 15 is 0 Å². The highest BCUT2D eigenvalue weighted by Crippen LogP contribution is 2.40. The largest absolute Gasteiger partial charge is 0.496 e. The number of rotatable bonds is 8. The van der Waals surface area contributed by atoms with E-state index in [1.165, 1.54) is 54.7 Å². The summed E-state index contributed by atoms with van der Waals surface area (Å²) in [6, 6.07) is 15.6. The molecule has 2 heterocycles. The van der Waals surface area contributed by atoms with E-state index in [-0.39, 0.29) is 17.0 Å². The van der Waals surface area contributed by atoms with Crippen molar-refractivity contribution in [3.63, 3.8) is 0 Å². The minimum Gasteiger partial charge on any atom is -0.496 e. The van der Waals surface area contributed by atoms with Crippen molar-refractivity contribution in [2.45, 2.75) is 30.3 Å². The normalized spacial score (nSPS) is 16.3. The molecule has 5 rings (SSSR count). The fourth-order valence-corrected chi connectivity index (χ4v) is 6.87. The van der Waals surface area contributed by atoms with Crippen LogP contribution < -0.4 is 9.46 Å². The van der Waals surface area contributed by atoms with E-state index in [2.05, 4.69) is 9.71 Å². The highest BCUT2D eigenvalue weighted by atomic mass is 32.2. The minimum atomic E-state index is -4.10. The maximum Gasteiger partial charge on any atom is 0.335 e. The van der Waals surface area contributed by atoms with E-state index in [9.17, 15) is 21.2 Å². The van der Waals surface area contributed by atoms with Crippen molar-refractivity contribution < 1.29 is 30.1 Å². The van der Waals surface area contributed by atoms with E-state index < -0.39 is 32.2 Å². The fourth-order valence-electron chi connectivity index (χ4n) is 4.72. The van der Waals surface area contributed by atoms with Crippen molar-refractivity contribution >= 4 is 36.9 Å². The summed E-state index contributed by atoms with van der Waals surface area (Å²) in [5.74, 6) is -0.0448. The first-order chi connectivity index (χ1) is 18.6. The SMILES string of the molecule is CNS(=O)(=O)OC1CC=C(c2cc3c(-c4cc(F)ccc4OC)ccnc3n2S(=O)(=O)c2ccccc2)CC1. The third-order valence-corrected chi connectivity index (χ3v) is 9.34. The van der Waals surface area contributed by atoms with Gasteiger partial charge in [-0.05, 0) is 72.9 Å². The Morgan fingerprint density at radius 3 is 2.46 bits per heavy atom. The Labute approximate surface area is 226 Å². The van der Waals surface area contributed by atoms with Crippen LogP contribution in [-0.2, 0) is 24.5 Å². The van der Waals surface area contributed by atoms with Crippen LogP contribution in [0.5, 0.6) is 5.75 Å². The molecule has 1 aliphatic carbocycles. The number of nitrogens with one attached hydrogen (secondary N) is 1. The topological polar surface area (TPSA) is 117 Å². The number of pyridine rings is 1. The lowest BCUT2D eigenvalue weighted by molar-refractivity contribution is 0.197. The van der Waals surface area contributed by atoms with Crippen LogP contribution in [0, 0.1) is 5.82 Å². The summed E-state index contributed by atoms with van der Waals surface area (Å²) in [6.07, 6.45) is 3.67. The van der Waals surface area contributed by atoms with Gasteiger partial charge in [0, 0.05) is 24.2 Å². The molecule has 0 bridgehead atoms. The number of benzene rings is 2. The molecule has 0 spiro atoms. The van der Waals surface area contributed by atoms with Gasteiger partial charge in [-0.15, -0.1) is 0 Å². The van der Waals surface area contributed by atoms with Crippen molar-refractivity contribution in [1.29, 1.82) is 0 Å². The molecule has 1 N–H and O–H groups in total. The smallest absolute Gasteiger partial charge is 0.335 e. The van der Waals surface area contributed by atoms with E-state index in [4.69, 9.17) is 8.92 Å². The summed E-state index contributed by atoms with van der Waals surface area (Å²) in [4.78, 5) is 4.52. The molecule has 1 aliphatic rings. The molecule has 0 aliphatic heterocycles. The van der Waals surface area contributed by atoms with Crippen molar-refractivity contribution in [1.82, 2.24) is 13.7 Å². The number of fused-ring (bicyclic) bond motifs is 1. The van der Waals surface area contributed by atoms with Gasteiger partial charge in [0.15, 0.2) is 5.65 Å². The summed E-state index contributed by atoms with van der Waals surface area (Å²) in [6.45, 7) is 0. The molecule has 12 heteroatoms. The van der Waals surface area contributed by atoms with Gasteiger partial charge in [0.05, 0.1) is 23.8 Å². The number of hydrogen-bond acceptors (Lipinski definition) is 7. The van der Waals surface area contributed by atoms with Gasteiger partial charge < -0.3 is 4.74 Å². The lowest BCUT2D eigenvalue weighted by Crippen LogP contribution is -2.28. The molecule has 0 radical (unpaired) electrons. The molecule has 2 aromatic heterocycles. The van der Waals surface area contributed by atoms with Gasteiger partial charge in [-0.25, -0.2) is 21.8 Å². The monoisotopic (exact) mass is 571 g/mol. The number of allylic oxidation sites excluding steroid dienone is 1. The number of hydrogen-bond donors (Lipinski definition) is 1. The van der Waals surface area contributed by atoms with E-state index in [0.29, 0.717) is 46.4 Å². The first kappa shape index (κ1) is 27.0. The summed E-state index contributed by atoms with van der Waals surface area (Å²) in [5.41, 5.74) is 2.27. The van der Waals surface area contributed by atoms with E-state index in [1.54, 1.807) is 36.4 Å². The number of nitrogens with zero attached hydrogens (tertiary/aromatic N) is 2. The summed E-state index contributed by atoms with van der Waals surface area (Å²) in [7, 11) is -5.22. The molecule has 1 atom stereocenters. The molecule has 0 amide bonds. The average Bonchev–Trinajstić information content (AvgIpc) is 3.34. The number of methoxy groups -OCH3 is 1. The molecule has 39 heavy (non-hydrogen) atoms. The van der Waals surface area contributed by atoms with Crippen LogP contribution in [0.2, 0.25) is 0 Å². The average molecular weight is 572 g/mol. The van der Waals surface area contributed by atoms with Gasteiger partial charge in [-0.3, -0.25) is 4.18 Å². The molecular formula is C27H26FN3O6S2. The maximum absolute atomic E-state index is 14.3. The van der Waals surface area contributed by atoms with Crippen LogP contribution in [0.4, 0.5) is 4.39 Å². The zero-order valence-corrected chi connectivity index (χ0v) is 22.8. The number of ether oxygens (including phenoxy) is 1. The first-order valence-corrected chi connectivity index (χ1v) is 15.0. The van der Waals surface area contributed by atoms with Crippen LogP contribution in [0.1, 0.15) is 25.0 Å². The zero-order valence-electron chi connectivity index (χ0n) is 21.2. The van der Waals surface area contributed by atoms with Crippen LogP contribution in [0.3, 0.4) is 0 Å². The summed E-state index contributed by atoms with van der Waals surface area (Å²) < 4.78 is 79.9. The van der Waals surface area contributed by atoms with Gasteiger partial charge in [0.2, 0.25) is 0 Å². The van der Waals surface area contributed by atoms with Crippen LogP contribution in [0.25, 0.3) is 27.7 Å². The molecule has 1 unspecified atom stereocenters. The molecule has 4 aromatic rings. The van der Waals surface area contributed by atoms with E-state index in [1.807, 2.05) is 0 Å². The summed E-state index contributed by atoms with van der Waals surface area (Å²) >= 11 is 0. The van der Waals surface area contributed by atoms with E-state index in [0.717, 1.165) is 0 Å². The van der Waals surface area contributed by atoms with Crippen molar-refractivity contribution in [3.8, 4) is 16.9 Å². The predicted octanol–water partition coefficient (Wildman–Crippen LogP) is 4.50. The summed E-state index contributed by atoms with van der Waals surface area (Å²) in [5, 5.41) is 0.493. The predicted molar refractivity (Wildman–Crippen MR) is 145 cm³/mol. The second kappa shape index (κ2) is 10.5. The Kier molecular flexibility index (Phi) is 7.29. The highest BCUT2D eigenvalue weighted by Gasteiger charge is 2.29. The second-order valence-electron chi connectivity index (χ2n) is 8.93. The quantitative estimate of drug-likeness (QED) is 0.331. The van der Waals surface area contributed by atoms with Gasteiger partial charge in [-0.2, -0.15) is 13.1 Å². The lowest BCUT2D eigenvalue weighted by atomic mass is 9.95. The Balaban J connectivity index is 1.72. The highest BCUT2D eigenvalue weighted by molar-refractivity contribution is 7.90. The number of aromatic nitrogens is 2. The zero-order chi connectivity index (χ0) is 27.8. The standard InChI is InChI=1S/C27H26FN3O6S2/c1-29-39(34,35)37-20-11-8-18(9-12-20)25-17-24-22(23-16-19(28)10-13-26(23)36-2)14-15-30-27(24)31(25)38(32,33)21-6-4-3-5-7-21/h3-8,10,13-17,20,29H,9,11-12H2,1-2H3. The van der Waals surface area contributed by atoms with Crippen LogP contribution >= 0.6 is 0 Å². The molecule has 9 nitrogen and oxygen atoms in total. The van der Waals surface area contributed by atoms with Crippen LogP contribution in [-0.4, -0.2) is 46.1 Å². The third-order valence-electron chi connectivity index (χ3n) is 6.60. The minimum absolute atomic E-state index is 0.0806. The lowest BCUT2D eigenvalue weighted by Gasteiger charge is -2.22. The molecule has 2 aromatic carbocycles. The molecule has 204 valence electrons. The molecule has 0 saturated carbocycles. The third kappa shape index (κ3) is 5.20. The Bertz CT molecular complexity index is 1790. The molecular weight excluding hydrogens is 545 g/mol. The van der Waals surface area contributed by atoms with Crippen LogP contribution in [0.15, 0.2) is 77.8 Å².